The minimum Gasteiger partial charge on any atom is -0.456 e. The lowest BCUT2D eigenvalue weighted by atomic mass is 10.3. The number of hydrogen-bond donors (Lipinski definition) is 2. The Bertz CT molecular complexity index is 387. The first-order valence-corrected chi connectivity index (χ1v) is 5.39. The molecule has 0 unspecified atom stereocenters. The van der Waals surface area contributed by atoms with Crippen LogP contribution in [0.2, 0.25) is 0 Å². The van der Waals surface area contributed by atoms with E-state index in [1.807, 2.05) is 19.1 Å². The molecule has 5 heteroatoms. The van der Waals surface area contributed by atoms with Gasteiger partial charge in [-0.3, -0.25) is 9.59 Å². The molecule has 1 aromatic carbocycles. The van der Waals surface area contributed by atoms with E-state index in [-0.39, 0.29) is 12.5 Å². The molecule has 0 bridgehead atoms. The Kier molecular flexibility index (Phi) is 5.00. The van der Waals surface area contributed by atoms with Crippen LogP contribution in [-0.2, 0) is 14.3 Å². The summed E-state index contributed by atoms with van der Waals surface area (Å²) < 4.78 is 4.57. The second-order valence-corrected chi connectivity index (χ2v) is 3.44. The van der Waals surface area contributed by atoms with Crippen molar-refractivity contribution in [3.05, 3.63) is 24.3 Å². The van der Waals surface area contributed by atoms with Crippen LogP contribution in [0.1, 0.15) is 13.8 Å². The molecule has 0 saturated heterocycles. The fraction of sp³-hybridized carbons (Fsp3) is 0.333. The van der Waals surface area contributed by atoms with Gasteiger partial charge >= 0.3 is 5.97 Å². The van der Waals surface area contributed by atoms with Crippen molar-refractivity contribution in [2.75, 3.05) is 23.8 Å². The van der Waals surface area contributed by atoms with Crippen LogP contribution in [-0.4, -0.2) is 25.0 Å². The number of esters is 1. The molecular weight excluding hydrogens is 220 g/mol. The summed E-state index contributed by atoms with van der Waals surface area (Å²) in [4.78, 5) is 21.8. The maximum Gasteiger partial charge on any atom is 0.303 e. The zero-order valence-corrected chi connectivity index (χ0v) is 9.95. The Morgan fingerprint density at radius 3 is 2.29 bits per heavy atom. The SMILES string of the molecule is CCNc1ccc(NC(=O)COC(C)=O)cc1. The Morgan fingerprint density at radius 2 is 1.76 bits per heavy atom. The Balaban J connectivity index is 2.45. The molecule has 1 amide bonds. The monoisotopic (exact) mass is 236 g/mol. The fourth-order valence-electron chi connectivity index (χ4n) is 1.24. The van der Waals surface area contributed by atoms with Gasteiger partial charge in [-0.15, -0.1) is 0 Å². The third-order valence-corrected chi connectivity index (χ3v) is 1.96. The van der Waals surface area contributed by atoms with Gasteiger partial charge in [-0.2, -0.15) is 0 Å². The van der Waals surface area contributed by atoms with Gasteiger partial charge in [0, 0.05) is 24.8 Å². The number of carbonyl (C=O) groups is 2. The number of hydrogen-bond acceptors (Lipinski definition) is 4. The minimum absolute atomic E-state index is 0.260. The quantitative estimate of drug-likeness (QED) is 0.762. The molecule has 0 aliphatic rings. The van der Waals surface area contributed by atoms with Crippen LogP contribution in [0.15, 0.2) is 24.3 Å². The molecule has 17 heavy (non-hydrogen) atoms. The fourth-order valence-corrected chi connectivity index (χ4v) is 1.24. The summed E-state index contributed by atoms with van der Waals surface area (Å²) in [6.07, 6.45) is 0. The van der Waals surface area contributed by atoms with Crippen molar-refractivity contribution in [3.63, 3.8) is 0 Å². The highest BCUT2D eigenvalue weighted by Gasteiger charge is 2.04. The second-order valence-electron chi connectivity index (χ2n) is 3.44. The maximum atomic E-state index is 11.3. The van der Waals surface area contributed by atoms with E-state index < -0.39 is 5.97 Å². The van der Waals surface area contributed by atoms with E-state index in [0.717, 1.165) is 12.2 Å². The van der Waals surface area contributed by atoms with Crippen LogP contribution in [0.5, 0.6) is 0 Å². The molecule has 5 nitrogen and oxygen atoms in total. The molecule has 92 valence electrons. The van der Waals surface area contributed by atoms with E-state index in [1.165, 1.54) is 6.92 Å². The van der Waals surface area contributed by atoms with Gasteiger partial charge in [0.15, 0.2) is 6.61 Å². The molecule has 0 spiro atoms. The van der Waals surface area contributed by atoms with Crippen LogP contribution in [0.3, 0.4) is 0 Å². The van der Waals surface area contributed by atoms with Gasteiger partial charge < -0.3 is 15.4 Å². The largest absolute Gasteiger partial charge is 0.456 e. The lowest BCUT2D eigenvalue weighted by Gasteiger charge is -2.07. The van der Waals surface area contributed by atoms with Crippen LogP contribution < -0.4 is 10.6 Å². The summed E-state index contributed by atoms with van der Waals surface area (Å²) in [7, 11) is 0. The topological polar surface area (TPSA) is 67.4 Å². The summed E-state index contributed by atoms with van der Waals surface area (Å²) in [5.74, 6) is -0.820. The highest BCUT2D eigenvalue weighted by molar-refractivity contribution is 5.92. The number of anilines is 2. The van der Waals surface area contributed by atoms with Crippen molar-refractivity contribution in [3.8, 4) is 0 Å². The predicted octanol–water partition coefficient (Wildman–Crippen LogP) is 1.62. The molecule has 1 rings (SSSR count). The zero-order valence-electron chi connectivity index (χ0n) is 9.95. The van der Waals surface area contributed by atoms with E-state index in [2.05, 4.69) is 15.4 Å². The summed E-state index contributed by atoms with van der Waals surface area (Å²) in [6.45, 7) is 3.86. The Hall–Kier alpha value is -2.04. The summed E-state index contributed by atoms with van der Waals surface area (Å²) in [5, 5.41) is 5.77. The van der Waals surface area contributed by atoms with Crippen LogP contribution >= 0.6 is 0 Å². The first-order valence-electron chi connectivity index (χ1n) is 5.39. The molecule has 0 fully saturated rings. The molecule has 1 aromatic rings. The van der Waals surface area contributed by atoms with Gasteiger partial charge in [0.25, 0.3) is 5.91 Å². The molecule has 0 radical (unpaired) electrons. The lowest BCUT2D eigenvalue weighted by molar-refractivity contribution is -0.144. The molecule has 0 aliphatic heterocycles. The number of nitrogens with one attached hydrogen (secondary N) is 2. The van der Waals surface area contributed by atoms with Gasteiger partial charge in [-0.25, -0.2) is 0 Å². The van der Waals surface area contributed by atoms with E-state index in [1.54, 1.807) is 12.1 Å². The summed E-state index contributed by atoms with van der Waals surface area (Å²) in [5.41, 5.74) is 1.66. The lowest BCUT2D eigenvalue weighted by Crippen LogP contribution is -2.19. The molecular formula is C12H16N2O3. The van der Waals surface area contributed by atoms with Crippen molar-refractivity contribution in [1.82, 2.24) is 0 Å². The molecule has 0 aliphatic carbocycles. The average molecular weight is 236 g/mol. The predicted molar refractivity (Wildman–Crippen MR) is 65.9 cm³/mol. The van der Waals surface area contributed by atoms with Gasteiger partial charge in [-0.1, -0.05) is 0 Å². The maximum absolute atomic E-state index is 11.3. The first kappa shape index (κ1) is 13.0. The van der Waals surface area contributed by atoms with Gasteiger partial charge in [-0.05, 0) is 31.2 Å². The van der Waals surface area contributed by atoms with E-state index >= 15 is 0 Å². The van der Waals surface area contributed by atoms with Gasteiger partial charge in [0.2, 0.25) is 0 Å². The molecule has 0 atom stereocenters. The number of amides is 1. The number of benzene rings is 1. The summed E-state index contributed by atoms with van der Waals surface area (Å²) >= 11 is 0. The van der Waals surface area contributed by atoms with Gasteiger partial charge in [0.1, 0.15) is 0 Å². The summed E-state index contributed by atoms with van der Waals surface area (Å²) in [6, 6.07) is 7.29. The minimum atomic E-state index is -0.470. The van der Waals surface area contributed by atoms with Crippen LogP contribution in [0, 0.1) is 0 Å². The van der Waals surface area contributed by atoms with Crippen molar-refractivity contribution in [2.45, 2.75) is 13.8 Å². The molecule has 0 heterocycles. The molecule has 0 saturated carbocycles. The highest BCUT2D eigenvalue weighted by atomic mass is 16.5. The molecule has 2 N–H and O–H groups in total. The van der Waals surface area contributed by atoms with Crippen LogP contribution in [0.25, 0.3) is 0 Å². The normalized spacial score (nSPS) is 9.53. The molecule has 0 aromatic heterocycles. The third-order valence-electron chi connectivity index (χ3n) is 1.96. The first-order chi connectivity index (χ1) is 8.11. The van der Waals surface area contributed by atoms with Crippen molar-refractivity contribution in [1.29, 1.82) is 0 Å². The number of ether oxygens (including phenoxy) is 1. The third kappa shape index (κ3) is 5.01. The highest BCUT2D eigenvalue weighted by Crippen LogP contribution is 2.13. The number of rotatable bonds is 5. The smallest absolute Gasteiger partial charge is 0.303 e. The van der Waals surface area contributed by atoms with E-state index in [0.29, 0.717) is 5.69 Å². The Morgan fingerprint density at radius 1 is 1.18 bits per heavy atom. The van der Waals surface area contributed by atoms with Gasteiger partial charge in [0.05, 0.1) is 0 Å². The van der Waals surface area contributed by atoms with E-state index in [4.69, 9.17) is 0 Å². The standard InChI is InChI=1S/C12H16N2O3/c1-3-13-10-4-6-11(7-5-10)14-12(16)8-17-9(2)15/h4-7,13H,3,8H2,1-2H3,(H,14,16). The average Bonchev–Trinajstić information content (AvgIpc) is 2.29. The van der Waals surface area contributed by atoms with Crippen molar-refractivity contribution >= 4 is 23.3 Å². The van der Waals surface area contributed by atoms with Crippen LogP contribution in [0.4, 0.5) is 11.4 Å². The Labute approximate surface area is 100 Å². The van der Waals surface area contributed by atoms with Crippen molar-refractivity contribution in [2.24, 2.45) is 0 Å². The van der Waals surface area contributed by atoms with Crippen molar-refractivity contribution < 1.29 is 14.3 Å². The van der Waals surface area contributed by atoms with E-state index in [9.17, 15) is 9.59 Å². The number of carbonyl (C=O) groups excluding carboxylic acids is 2. The second kappa shape index (κ2) is 6.52. The zero-order chi connectivity index (χ0) is 12.7.